The quantitative estimate of drug-likeness (QED) is 0.344. The van der Waals surface area contributed by atoms with E-state index in [9.17, 15) is 31.2 Å². The topological polar surface area (TPSA) is 111 Å². The molecule has 0 bridgehead atoms. The van der Waals surface area contributed by atoms with Crippen molar-refractivity contribution in [2.45, 2.75) is 18.0 Å². The van der Waals surface area contributed by atoms with E-state index in [0.717, 1.165) is 24.3 Å². The highest BCUT2D eigenvalue weighted by Crippen LogP contribution is 2.32. The minimum absolute atomic E-state index is 0.00694. The number of sulfonamides is 1. The monoisotopic (exact) mass is 556 g/mol. The van der Waals surface area contributed by atoms with Gasteiger partial charge in [0.05, 0.1) is 27.7 Å². The molecule has 0 heterocycles. The van der Waals surface area contributed by atoms with Gasteiger partial charge < -0.3 is 14.8 Å². The van der Waals surface area contributed by atoms with Crippen LogP contribution in [0.5, 0.6) is 5.75 Å². The van der Waals surface area contributed by atoms with Crippen molar-refractivity contribution in [1.29, 1.82) is 0 Å². The van der Waals surface area contributed by atoms with Crippen LogP contribution in [0.2, 0.25) is 5.02 Å². The summed E-state index contributed by atoms with van der Waals surface area (Å²) in [6.07, 6.45) is -4.64. The van der Waals surface area contributed by atoms with Gasteiger partial charge in [0.25, 0.3) is 15.9 Å². The van der Waals surface area contributed by atoms with E-state index in [2.05, 4.69) is 10.0 Å². The molecule has 37 heavy (non-hydrogen) atoms. The van der Waals surface area contributed by atoms with Gasteiger partial charge in [-0.05, 0) is 67.6 Å². The molecule has 0 unspecified atom stereocenters. The fourth-order valence-electron chi connectivity index (χ4n) is 2.98. The number of halogens is 4. The van der Waals surface area contributed by atoms with Crippen LogP contribution < -0.4 is 14.8 Å². The van der Waals surface area contributed by atoms with E-state index in [-0.39, 0.29) is 28.0 Å². The van der Waals surface area contributed by atoms with E-state index in [1.165, 1.54) is 36.4 Å². The van der Waals surface area contributed by atoms with Crippen molar-refractivity contribution in [2.24, 2.45) is 0 Å². The highest BCUT2D eigenvalue weighted by molar-refractivity contribution is 7.92. The first-order valence-electron chi connectivity index (χ1n) is 10.6. The molecular formula is C24H20ClF3N2O6S. The molecule has 1 amide bonds. The Balaban J connectivity index is 1.61. The van der Waals surface area contributed by atoms with Crippen LogP contribution in [0.1, 0.15) is 22.8 Å². The van der Waals surface area contributed by atoms with Crippen LogP contribution in [0, 0.1) is 0 Å². The number of anilines is 2. The van der Waals surface area contributed by atoms with Crippen molar-refractivity contribution in [1.82, 2.24) is 0 Å². The number of hydrogen-bond acceptors (Lipinski definition) is 6. The lowest BCUT2D eigenvalue weighted by Crippen LogP contribution is -2.20. The second-order valence-corrected chi connectivity index (χ2v) is 9.50. The Bertz CT molecular complexity index is 1400. The molecule has 0 aliphatic heterocycles. The van der Waals surface area contributed by atoms with E-state index < -0.39 is 40.2 Å². The largest absolute Gasteiger partial charge is 0.482 e. The van der Waals surface area contributed by atoms with Crippen LogP contribution >= 0.6 is 11.6 Å². The van der Waals surface area contributed by atoms with Crippen LogP contribution in [0.25, 0.3) is 0 Å². The van der Waals surface area contributed by atoms with Gasteiger partial charge in [0.2, 0.25) is 0 Å². The second kappa shape index (κ2) is 11.5. The third-order valence-electron chi connectivity index (χ3n) is 4.69. The number of ether oxygens (including phenoxy) is 2. The van der Waals surface area contributed by atoms with E-state index in [4.69, 9.17) is 21.1 Å². The average molecular weight is 557 g/mol. The van der Waals surface area contributed by atoms with Crippen LogP contribution in [-0.4, -0.2) is 33.5 Å². The molecule has 13 heteroatoms. The van der Waals surface area contributed by atoms with Crippen molar-refractivity contribution < 1.29 is 40.7 Å². The van der Waals surface area contributed by atoms with Crippen LogP contribution in [0.15, 0.2) is 71.6 Å². The fourth-order valence-corrected chi connectivity index (χ4v) is 4.36. The van der Waals surface area contributed by atoms with Gasteiger partial charge in [-0.1, -0.05) is 17.7 Å². The zero-order valence-corrected chi connectivity index (χ0v) is 20.7. The molecule has 0 saturated carbocycles. The highest BCUT2D eigenvalue weighted by atomic mass is 35.5. The Kier molecular flexibility index (Phi) is 8.66. The first kappa shape index (κ1) is 27.8. The number of carbonyl (C=O) groups is 2. The van der Waals surface area contributed by atoms with Gasteiger partial charge in [-0.3, -0.25) is 9.52 Å². The summed E-state index contributed by atoms with van der Waals surface area (Å²) in [7, 11) is -4.27. The van der Waals surface area contributed by atoms with E-state index >= 15 is 0 Å². The van der Waals surface area contributed by atoms with Crippen LogP contribution in [-0.2, 0) is 25.7 Å². The molecule has 0 fully saturated rings. The van der Waals surface area contributed by atoms with Gasteiger partial charge in [-0.2, -0.15) is 13.2 Å². The molecule has 0 aliphatic rings. The summed E-state index contributed by atoms with van der Waals surface area (Å²) in [6, 6.07) is 13.1. The molecule has 2 N–H and O–H groups in total. The first-order chi connectivity index (χ1) is 17.4. The highest BCUT2D eigenvalue weighted by Gasteiger charge is 2.30. The number of esters is 1. The number of benzene rings is 3. The molecule has 0 atom stereocenters. The third-order valence-corrected chi connectivity index (χ3v) is 6.37. The molecule has 0 saturated heterocycles. The Morgan fingerprint density at radius 3 is 2.30 bits per heavy atom. The summed E-state index contributed by atoms with van der Waals surface area (Å²) in [5, 5.41) is 2.42. The number of hydrogen-bond donors (Lipinski definition) is 2. The minimum atomic E-state index is -4.64. The maximum atomic E-state index is 12.9. The first-order valence-corrected chi connectivity index (χ1v) is 12.4. The minimum Gasteiger partial charge on any atom is -0.482 e. The molecule has 3 rings (SSSR count). The Morgan fingerprint density at radius 1 is 0.973 bits per heavy atom. The number of rotatable bonds is 9. The molecule has 196 valence electrons. The number of nitrogens with one attached hydrogen (secondary N) is 2. The second-order valence-electron chi connectivity index (χ2n) is 7.41. The normalized spacial score (nSPS) is 11.5. The maximum absolute atomic E-state index is 12.9. The standard InChI is InChI=1S/C24H20ClF3N2O6S/c1-2-35-23(32)15-6-8-17(9-7-15)29-22(31)14-36-21-11-10-19(13-20(21)25)37(33,34)30-18-5-3-4-16(12-18)24(26,27)28/h3-13,30H,2,14H2,1H3,(H,29,31). The molecule has 0 aromatic heterocycles. The zero-order valence-electron chi connectivity index (χ0n) is 19.1. The van der Waals surface area contributed by atoms with E-state index in [0.29, 0.717) is 17.3 Å². The molecule has 0 spiro atoms. The summed E-state index contributed by atoms with van der Waals surface area (Å²) in [4.78, 5) is 23.5. The summed E-state index contributed by atoms with van der Waals surface area (Å²) < 4.78 is 76.2. The lowest BCUT2D eigenvalue weighted by molar-refractivity contribution is -0.137. The lowest BCUT2D eigenvalue weighted by atomic mass is 10.2. The molecule has 0 radical (unpaired) electrons. The van der Waals surface area contributed by atoms with Crippen molar-refractivity contribution in [3.8, 4) is 5.75 Å². The lowest BCUT2D eigenvalue weighted by Gasteiger charge is -2.13. The fraction of sp³-hybridized carbons (Fsp3) is 0.167. The summed E-state index contributed by atoms with van der Waals surface area (Å²) in [6.45, 7) is 1.45. The van der Waals surface area contributed by atoms with E-state index in [1.807, 2.05) is 0 Å². The van der Waals surface area contributed by atoms with Crippen LogP contribution in [0.3, 0.4) is 0 Å². The Hall–Kier alpha value is -3.77. The van der Waals surface area contributed by atoms with Gasteiger partial charge in [0.15, 0.2) is 6.61 Å². The molecule has 3 aromatic rings. The van der Waals surface area contributed by atoms with Crippen molar-refractivity contribution in [3.05, 3.63) is 82.9 Å². The number of amides is 1. The predicted molar refractivity (Wildman–Crippen MR) is 130 cm³/mol. The number of carbonyl (C=O) groups excluding carboxylic acids is 2. The third kappa shape index (κ3) is 7.61. The smallest absolute Gasteiger partial charge is 0.416 e. The molecule has 0 aliphatic carbocycles. The summed E-state index contributed by atoms with van der Waals surface area (Å²) >= 11 is 6.10. The molecule has 3 aromatic carbocycles. The predicted octanol–water partition coefficient (Wildman–Crippen LogP) is 5.35. The average Bonchev–Trinajstić information content (AvgIpc) is 2.83. The van der Waals surface area contributed by atoms with Gasteiger partial charge >= 0.3 is 12.1 Å². The van der Waals surface area contributed by atoms with Gasteiger partial charge in [-0.25, -0.2) is 13.2 Å². The van der Waals surface area contributed by atoms with Gasteiger partial charge in [0, 0.05) is 11.4 Å². The van der Waals surface area contributed by atoms with Crippen molar-refractivity contribution >= 4 is 44.9 Å². The zero-order chi connectivity index (χ0) is 27.2. The SMILES string of the molecule is CCOC(=O)c1ccc(NC(=O)COc2ccc(S(=O)(=O)Nc3cccc(C(F)(F)F)c3)cc2Cl)cc1. The Morgan fingerprint density at radius 2 is 1.68 bits per heavy atom. The summed E-state index contributed by atoms with van der Waals surface area (Å²) in [5.74, 6) is -1.04. The van der Waals surface area contributed by atoms with Crippen molar-refractivity contribution in [2.75, 3.05) is 23.3 Å². The van der Waals surface area contributed by atoms with Crippen molar-refractivity contribution in [3.63, 3.8) is 0 Å². The van der Waals surface area contributed by atoms with Gasteiger partial charge in [-0.15, -0.1) is 0 Å². The maximum Gasteiger partial charge on any atom is 0.416 e. The molecule has 8 nitrogen and oxygen atoms in total. The van der Waals surface area contributed by atoms with Gasteiger partial charge in [0.1, 0.15) is 5.75 Å². The number of alkyl halides is 3. The Labute approximate surface area is 215 Å². The summed E-state index contributed by atoms with van der Waals surface area (Å²) in [5.41, 5.74) is -0.573. The van der Waals surface area contributed by atoms with Crippen LogP contribution in [0.4, 0.5) is 24.5 Å². The van der Waals surface area contributed by atoms with E-state index in [1.54, 1.807) is 6.92 Å². The molecular weight excluding hydrogens is 537 g/mol.